The summed E-state index contributed by atoms with van der Waals surface area (Å²) in [6.07, 6.45) is -4.03. The summed E-state index contributed by atoms with van der Waals surface area (Å²) in [6, 6.07) is 18.0. The second kappa shape index (κ2) is 12.6. The molecule has 5 heterocycles. The summed E-state index contributed by atoms with van der Waals surface area (Å²) in [4.78, 5) is 22.4. The van der Waals surface area contributed by atoms with Gasteiger partial charge in [0, 0.05) is 56.9 Å². The summed E-state index contributed by atoms with van der Waals surface area (Å²) in [5.74, 6) is -0.934. The van der Waals surface area contributed by atoms with Crippen LogP contribution < -0.4 is 15.8 Å². The van der Waals surface area contributed by atoms with E-state index in [4.69, 9.17) is 25.5 Å². The zero-order valence-electron chi connectivity index (χ0n) is 24.1. The molecular formula is C30H32F4N8O3. The van der Waals surface area contributed by atoms with E-state index in [9.17, 15) is 13.2 Å². The quantitative estimate of drug-likeness (QED) is 0.271. The molecule has 3 aliphatic rings. The van der Waals surface area contributed by atoms with Gasteiger partial charge in [-0.1, -0.05) is 18.2 Å². The highest BCUT2D eigenvalue weighted by Crippen LogP contribution is 2.36. The van der Waals surface area contributed by atoms with Crippen LogP contribution in [0.1, 0.15) is 12.5 Å². The maximum atomic E-state index is 15.7. The number of ether oxygens (including phenoxy) is 1. The van der Waals surface area contributed by atoms with Gasteiger partial charge in [-0.2, -0.15) is 18.3 Å². The van der Waals surface area contributed by atoms with Crippen LogP contribution in [0.4, 0.5) is 23.4 Å². The molecule has 3 aliphatic heterocycles. The number of fused-ring (bicyclic) bond motifs is 1. The Hall–Kier alpha value is -4.34. The van der Waals surface area contributed by atoms with Crippen LogP contribution in [0.15, 0.2) is 60.9 Å². The molecule has 3 saturated heterocycles. The van der Waals surface area contributed by atoms with Crippen molar-refractivity contribution in [3.05, 3.63) is 60.9 Å². The number of likely N-dealkylation sites (tertiary alicyclic amines) is 2. The van der Waals surface area contributed by atoms with E-state index < -0.39 is 24.4 Å². The highest BCUT2D eigenvalue weighted by Gasteiger charge is 2.42. The number of hydrogen-bond acceptors (Lipinski definition) is 9. The Kier molecular flexibility index (Phi) is 8.57. The molecular weight excluding hydrogens is 596 g/mol. The molecule has 0 saturated carbocycles. The summed E-state index contributed by atoms with van der Waals surface area (Å²) >= 11 is 0. The van der Waals surface area contributed by atoms with Gasteiger partial charge >= 0.3 is 12.1 Å². The van der Waals surface area contributed by atoms with Gasteiger partial charge in [0.1, 0.15) is 35.5 Å². The number of aromatic nitrogens is 4. The predicted molar refractivity (Wildman–Crippen MR) is 158 cm³/mol. The van der Waals surface area contributed by atoms with Crippen LogP contribution in [0.25, 0.3) is 22.3 Å². The van der Waals surface area contributed by atoms with Crippen molar-refractivity contribution in [1.82, 2.24) is 34.9 Å². The van der Waals surface area contributed by atoms with E-state index in [0.29, 0.717) is 53.3 Å². The van der Waals surface area contributed by atoms with Crippen molar-refractivity contribution >= 4 is 22.8 Å². The fourth-order valence-corrected chi connectivity index (χ4v) is 5.81. The van der Waals surface area contributed by atoms with Crippen LogP contribution in [-0.4, -0.2) is 104 Å². The minimum absolute atomic E-state index is 0.341. The Morgan fingerprint density at radius 3 is 2.22 bits per heavy atom. The summed E-state index contributed by atoms with van der Waals surface area (Å²) in [6.45, 7) is 5.47. The predicted octanol–water partition coefficient (Wildman–Crippen LogP) is 3.74. The number of carboxylic acid groups (broad SMARTS) is 1. The number of carbonyl (C=O) groups is 1. The third-order valence-corrected chi connectivity index (χ3v) is 8.40. The van der Waals surface area contributed by atoms with Gasteiger partial charge in [-0.15, -0.1) is 0 Å². The molecule has 2 unspecified atom stereocenters. The van der Waals surface area contributed by atoms with Crippen LogP contribution in [0.5, 0.6) is 11.5 Å². The molecule has 2 aromatic heterocycles. The molecule has 2 atom stereocenters. The second-order valence-corrected chi connectivity index (χ2v) is 11.3. The zero-order chi connectivity index (χ0) is 31.7. The van der Waals surface area contributed by atoms with Crippen LogP contribution in [0, 0.1) is 0 Å². The minimum Gasteiger partial charge on any atom is -0.475 e. The van der Waals surface area contributed by atoms with Crippen LogP contribution >= 0.6 is 0 Å². The van der Waals surface area contributed by atoms with E-state index >= 15 is 4.39 Å². The molecule has 7 rings (SSSR count). The van der Waals surface area contributed by atoms with E-state index in [2.05, 4.69) is 25.1 Å². The van der Waals surface area contributed by atoms with Crippen molar-refractivity contribution in [2.24, 2.45) is 0 Å². The molecule has 0 aliphatic carbocycles. The van der Waals surface area contributed by atoms with Crippen LogP contribution in [0.3, 0.4) is 0 Å². The number of piperidine rings is 1. The fraction of sp³-hybridized carbons (Fsp3) is 0.400. The highest BCUT2D eigenvalue weighted by molar-refractivity contribution is 5.98. The van der Waals surface area contributed by atoms with Gasteiger partial charge in [-0.05, 0) is 42.8 Å². The van der Waals surface area contributed by atoms with E-state index in [1.54, 1.807) is 4.68 Å². The molecule has 238 valence electrons. The lowest BCUT2D eigenvalue weighted by Crippen LogP contribution is -2.69. The third-order valence-electron chi connectivity index (χ3n) is 8.40. The van der Waals surface area contributed by atoms with Crippen LogP contribution in [-0.2, 0) is 4.79 Å². The van der Waals surface area contributed by atoms with Gasteiger partial charge in [0.25, 0.3) is 0 Å². The number of hydrogen-bond donors (Lipinski definition) is 3. The van der Waals surface area contributed by atoms with E-state index in [1.807, 2.05) is 54.6 Å². The van der Waals surface area contributed by atoms with E-state index in [1.165, 1.54) is 6.33 Å². The lowest BCUT2D eigenvalue weighted by atomic mass is 9.96. The number of benzene rings is 2. The minimum atomic E-state index is -5.08. The summed E-state index contributed by atoms with van der Waals surface area (Å²) in [5, 5.41) is 16.0. The summed E-state index contributed by atoms with van der Waals surface area (Å²) in [7, 11) is 0. The van der Waals surface area contributed by atoms with E-state index in [-0.39, 0.29) is 0 Å². The zero-order valence-corrected chi connectivity index (χ0v) is 24.1. The number of alkyl halides is 4. The van der Waals surface area contributed by atoms with Gasteiger partial charge in [0.05, 0.1) is 11.4 Å². The first-order chi connectivity index (χ1) is 21.6. The maximum Gasteiger partial charge on any atom is 0.490 e. The van der Waals surface area contributed by atoms with Crippen molar-refractivity contribution in [2.75, 3.05) is 45.0 Å². The van der Waals surface area contributed by atoms with Crippen molar-refractivity contribution in [3.63, 3.8) is 0 Å². The lowest BCUT2D eigenvalue weighted by molar-refractivity contribution is -0.192. The Morgan fingerprint density at radius 2 is 1.62 bits per heavy atom. The fourth-order valence-electron chi connectivity index (χ4n) is 5.81. The topological polar surface area (TPSA) is 135 Å². The number of para-hydroxylation sites is 1. The van der Waals surface area contributed by atoms with Crippen molar-refractivity contribution in [1.29, 1.82) is 0 Å². The van der Waals surface area contributed by atoms with Gasteiger partial charge < -0.3 is 20.9 Å². The second-order valence-electron chi connectivity index (χ2n) is 11.3. The number of nitrogen functional groups attached to an aromatic ring is 1. The third kappa shape index (κ3) is 6.55. The van der Waals surface area contributed by atoms with Crippen molar-refractivity contribution in [2.45, 2.75) is 36.9 Å². The average molecular weight is 629 g/mol. The molecule has 3 fully saturated rings. The van der Waals surface area contributed by atoms with Gasteiger partial charge in [0.2, 0.25) is 0 Å². The Labute approximate surface area is 255 Å². The Balaban J connectivity index is 0.000000460. The van der Waals surface area contributed by atoms with Crippen molar-refractivity contribution in [3.8, 4) is 22.8 Å². The molecule has 0 bridgehead atoms. The lowest BCUT2D eigenvalue weighted by Gasteiger charge is -2.53. The first kappa shape index (κ1) is 30.7. The summed E-state index contributed by atoms with van der Waals surface area (Å²) in [5.41, 5.74) is 8.39. The molecule has 0 radical (unpaired) electrons. The smallest absolute Gasteiger partial charge is 0.475 e. The SMILES string of the molecule is Nc1ncnc2c1c(-c1ccc(Oc3ccccc3)cc1)nn2C1CCN(C2CN(C3CNC3)C2)CC1F.O=C(O)C(F)(F)F. The van der Waals surface area contributed by atoms with E-state index in [0.717, 1.165) is 44.0 Å². The number of anilines is 1. The molecule has 11 nitrogen and oxygen atoms in total. The number of nitrogens with zero attached hydrogens (tertiary/aromatic N) is 6. The maximum absolute atomic E-state index is 15.7. The van der Waals surface area contributed by atoms with Crippen molar-refractivity contribution < 1.29 is 32.2 Å². The standard InChI is InChI=1S/C28H31FN8O.C2HF3O2/c29-23-16-35(20-14-36(15-20)19-12-31-13-19)11-10-24(23)37-28-25(27(30)32-17-33-28)26(34-37)18-6-8-22(9-7-18)38-21-4-2-1-3-5-21;3-2(4,5)1(6)7/h1-9,17,19-20,23-24,31H,10-16H2,(H2,30,32,33);(H,6,7). The first-order valence-electron chi connectivity index (χ1n) is 14.5. The normalized spacial score (nSPS) is 21.4. The van der Waals surface area contributed by atoms with Gasteiger partial charge in [-0.25, -0.2) is 23.8 Å². The van der Waals surface area contributed by atoms with Gasteiger partial charge in [-0.3, -0.25) is 9.80 Å². The average Bonchev–Trinajstić information content (AvgIpc) is 3.35. The molecule has 0 amide bonds. The monoisotopic (exact) mass is 628 g/mol. The number of rotatable bonds is 6. The first-order valence-corrected chi connectivity index (χ1v) is 14.5. The molecule has 4 N–H and O–H groups in total. The van der Waals surface area contributed by atoms with Gasteiger partial charge in [0.15, 0.2) is 5.65 Å². The molecule has 0 spiro atoms. The highest BCUT2D eigenvalue weighted by atomic mass is 19.4. The summed E-state index contributed by atoms with van der Waals surface area (Å²) < 4.78 is 55.1. The Morgan fingerprint density at radius 1 is 0.956 bits per heavy atom. The number of nitrogens with two attached hydrogens (primary N) is 1. The molecule has 4 aromatic rings. The number of aliphatic carboxylic acids is 1. The van der Waals surface area contributed by atoms with Crippen LogP contribution in [0.2, 0.25) is 0 Å². The number of halogens is 4. The molecule has 15 heteroatoms. The number of nitrogens with one attached hydrogen (secondary N) is 1. The Bertz CT molecular complexity index is 1630. The molecule has 2 aromatic carbocycles. The molecule has 45 heavy (non-hydrogen) atoms. The largest absolute Gasteiger partial charge is 0.490 e. The number of carboxylic acids is 1.